The van der Waals surface area contributed by atoms with Crippen molar-refractivity contribution in [2.45, 2.75) is 13.8 Å². The lowest BCUT2D eigenvalue weighted by Gasteiger charge is -2.05. The molecular weight excluding hydrogens is 258 g/mol. The zero-order valence-corrected chi connectivity index (χ0v) is 10.6. The number of nitrogens with zero attached hydrogens (tertiary/aromatic N) is 1. The molecule has 94 valence electrons. The maximum Gasteiger partial charge on any atom is 0.164 e. The molecule has 0 aliphatic carbocycles. The van der Waals surface area contributed by atoms with Crippen molar-refractivity contribution in [2.24, 2.45) is 0 Å². The van der Waals surface area contributed by atoms with Crippen molar-refractivity contribution in [3.8, 4) is 0 Å². The van der Waals surface area contributed by atoms with E-state index in [-0.39, 0.29) is 5.78 Å². The molecular formula is C12H10F2N2OS. The molecule has 0 unspecified atom stereocenters. The van der Waals surface area contributed by atoms with Crippen LogP contribution in [-0.2, 0) is 0 Å². The smallest absolute Gasteiger partial charge is 0.164 e. The Kier molecular flexibility index (Phi) is 3.38. The van der Waals surface area contributed by atoms with Crippen molar-refractivity contribution in [1.82, 2.24) is 4.37 Å². The van der Waals surface area contributed by atoms with E-state index in [0.29, 0.717) is 21.9 Å². The van der Waals surface area contributed by atoms with Gasteiger partial charge in [-0.15, -0.1) is 0 Å². The quantitative estimate of drug-likeness (QED) is 0.863. The highest BCUT2D eigenvalue weighted by Gasteiger charge is 2.15. The summed E-state index contributed by atoms with van der Waals surface area (Å²) in [4.78, 5) is 11.5. The minimum absolute atomic E-state index is 0.119. The molecule has 0 atom stereocenters. The van der Waals surface area contributed by atoms with Crippen LogP contribution in [0.5, 0.6) is 0 Å². The van der Waals surface area contributed by atoms with Gasteiger partial charge in [-0.1, -0.05) is 0 Å². The van der Waals surface area contributed by atoms with E-state index in [2.05, 4.69) is 9.69 Å². The molecule has 6 heteroatoms. The standard InChI is InChI=1S/C12H10F2N2OS/c1-6-11(7(2)17)12(18-16-6)15-8-3-4-9(13)10(14)5-8/h3-5,15H,1-2H3. The molecule has 1 heterocycles. The predicted octanol–water partition coefficient (Wildman–Crippen LogP) is 3.68. The van der Waals surface area contributed by atoms with Crippen molar-refractivity contribution in [1.29, 1.82) is 0 Å². The fraction of sp³-hybridized carbons (Fsp3) is 0.167. The van der Waals surface area contributed by atoms with Gasteiger partial charge < -0.3 is 5.32 Å². The van der Waals surface area contributed by atoms with Crippen LogP contribution in [-0.4, -0.2) is 10.2 Å². The number of hydrogen-bond donors (Lipinski definition) is 1. The molecule has 0 amide bonds. The number of Topliss-reactive ketones (excluding diaryl/α,β-unsaturated/α-hetero) is 1. The number of aryl methyl sites for hydroxylation is 1. The number of ketones is 1. The third-order valence-corrected chi connectivity index (χ3v) is 3.25. The van der Waals surface area contributed by atoms with Crippen LogP contribution in [0.4, 0.5) is 19.5 Å². The lowest BCUT2D eigenvalue weighted by Crippen LogP contribution is -1.99. The molecule has 1 N–H and O–H groups in total. The minimum atomic E-state index is -0.939. The number of carbonyl (C=O) groups is 1. The number of halogens is 2. The Balaban J connectivity index is 2.34. The zero-order chi connectivity index (χ0) is 13.3. The molecule has 0 aliphatic rings. The second-order valence-corrected chi connectivity index (χ2v) is 4.56. The summed E-state index contributed by atoms with van der Waals surface area (Å²) in [7, 11) is 0. The first kappa shape index (κ1) is 12.6. The van der Waals surface area contributed by atoms with Gasteiger partial charge in [0.25, 0.3) is 0 Å². The van der Waals surface area contributed by atoms with Gasteiger partial charge in [0.1, 0.15) is 5.00 Å². The third kappa shape index (κ3) is 2.38. The maximum absolute atomic E-state index is 13.1. The summed E-state index contributed by atoms with van der Waals surface area (Å²) >= 11 is 1.11. The summed E-state index contributed by atoms with van der Waals surface area (Å²) in [6, 6.07) is 3.46. The lowest BCUT2D eigenvalue weighted by atomic mass is 10.2. The van der Waals surface area contributed by atoms with Crippen molar-refractivity contribution >= 4 is 28.0 Å². The Bertz CT molecular complexity index is 610. The van der Waals surface area contributed by atoms with Gasteiger partial charge in [-0.05, 0) is 37.5 Å². The summed E-state index contributed by atoms with van der Waals surface area (Å²) < 4.78 is 29.9. The fourth-order valence-corrected chi connectivity index (χ4v) is 2.44. The van der Waals surface area contributed by atoms with Gasteiger partial charge in [-0.2, -0.15) is 4.37 Å². The molecule has 0 saturated heterocycles. The molecule has 2 aromatic rings. The summed E-state index contributed by atoms with van der Waals surface area (Å²) in [5.41, 5.74) is 1.47. The van der Waals surface area contributed by atoms with E-state index in [9.17, 15) is 13.6 Å². The monoisotopic (exact) mass is 268 g/mol. The second-order valence-electron chi connectivity index (χ2n) is 3.78. The normalized spacial score (nSPS) is 10.4. The maximum atomic E-state index is 13.1. The number of rotatable bonds is 3. The molecule has 0 bridgehead atoms. The number of aromatic nitrogens is 1. The van der Waals surface area contributed by atoms with Crippen LogP contribution in [0.3, 0.4) is 0 Å². The molecule has 0 saturated carbocycles. The number of benzene rings is 1. The summed E-state index contributed by atoms with van der Waals surface area (Å²) in [6.45, 7) is 3.16. The fourth-order valence-electron chi connectivity index (χ4n) is 1.57. The van der Waals surface area contributed by atoms with E-state index in [1.807, 2.05) is 0 Å². The number of anilines is 2. The van der Waals surface area contributed by atoms with Crippen molar-refractivity contribution in [3.63, 3.8) is 0 Å². The Labute approximate surface area is 107 Å². The van der Waals surface area contributed by atoms with Crippen LogP contribution in [0.1, 0.15) is 23.0 Å². The first-order chi connectivity index (χ1) is 8.49. The van der Waals surface area contributed by atoms with Crippen molar-refractivity contribution in [2.75, 3.05) is 5.32 Å². The highest BCUT2D eigenvalue weighted by atomic mass is 32.1. The molecule has 18 heavy (non-hydrogen) atoms. The minimum Gasteiger partial charge on any atom is -0.345 e. The average Bonchev–Trinajstić information content (AvgIpc) is 2.65. The topological polar surface area (TPSA) is 42.0 Å². The van der Waals surface area contributed by atoms with Crippen molar-refractivity contribution in [3.05, 3.63) is 41.1 Å². The molecule has 3 nitrogen and oxygen atoms in total. The highest BCUT2D eigenvalue weighted by Crippen LogP contribution is 2.28. The van der Waals surface area contributed by atoms with E-state index >= 15 is 0 Å². The summed E-state index contributed by atoms with van der Waals surface area (Å²) in [5, 5.41) is 3.40. The van der Waals surface area contributed by atoms with Crippen LogP contribution in [0.2, 0.25) is 0 Å². The largest absolute Gasteiger partial charge is 0.345 e. The lowest BCUT2D eigenvalue weighted by molar-refractivity contribution is 0.101. The third-order valence-electron chi connectivity index (χ3n) is 2.39. The number of carbonyl (C=O) groups excluding carboxylic acids is 1. The highest BCUT2D eigenvalue weighted by molar-refractivity contribution is 7.10. The predicted molar refractivity (Wildman–Crippen MR) is 66.5 cm³/mol. The number of nitrogens with one attached hydrogen (secondary N) is 1. The molecule has 1 aromatic carbocycles. The van der Waals surface area contributed by atoms with Gasteiger partial charge >= 0.3 is 0 Å². The molecule has 1 aromatic heterocycles. The van der Waals surface area contributed by atoms with Gasteiger partial charge in [-0.3, -0.25) is 4.79 Å². The van der Waals surface area contributed by atoms with Crippen molar-refractivity contribution < 1.29 is 13.6 Å². The van der Waals surface area contributed by atoms with E-state index in [1.54, 1.807) is 6.92 Å². The Hall–Kier alpha value is -1.82. The average molecular weight is 268 g/mol. The van der Waals surface area contributed by atoms with Gasteiger partial charge in [0.05, 0.1) is 11.3 Å². The Morgan fingerprint density at radius 2 is 2.06 bits per heavy atom. The van der Waals surface area contributed by atoms with Gasteiger partial charge in [0.15, 0.2) is 17.4 Å². The van der Waals surface area contributed by atoms with Gasteiger partial charge in [0.2, 0.25) is 0 Å². The van der Waals surface area contributed by atoms with Crippen LogP contribution in [0, 0.1) is 18.6 Å². The summed E-state index contributed by atoms with van der Waals surface area (Å²) in [6.07, 6.45) is 0. The Morgan fingerprint density at radius 1 is 1.33 bits per heavy atom. The first-order valence-electron chi connectivity index (χ1n) is 5.18. The van der Waals surface area contributed by atoms with Crippen LogP contribution in [0.25, 0.3) is 0 Å². The molecule has 2 rings (SSSR count). The SMILES string of the molecule is CC(=O)c1c(C)nsc1Nc1ccc(F)c(F)c1. The molecule has 0 spiro atoms. The van der Waals surface area contributed by atoms with Crippen LogP contribution >= 0.6 is 11.5 Å². The van der Waals surface area contributed by atoms with E-state index in [4.69, 9.17) is 0 Å². The van der Waals surface area contributed by atoms with Gasteiger partial charge in [0, 0.05) is 11.8 Å². The van der Waals surface area contributed by atoms with Crippen LogP contribution in [0.15, 0.2) is 18.2 Å². The van der Waals surface area contributed by atoms with E-state index < -0.39 is 11.6 Å². The van der Waals surface area contributed by atoms with E-state index in [0.717, 1.165) is 23.7 Å². The second kappa shape index (κ2) is 4.81. The first-order valence-corrected chi connectivity index (χ1v) is 5.95. The van der Waals surface area contributed by atoms with Crippen LogP contribution < -0.4 is 5.32 Å². The number of hydrogen-bond acceptors (Lipinski definition) is 4. The molecule has 0 radical (unpaired) electrons. The zero-order valence-electron chi connectivity index (χ0n) is 9.75. The van der Waals surface area contributed by atoms with E-state index in [1.165, 1.54) is 13.0 Å². The summed E-state index contributed by atoms with van der Waals surface area (Å²) in [5.74, 6) is -1.97. The van der Waals surface area contributed by atoms with Gasteiger partial charge in [-0.25, -0.2) is 8.78 Å². The molecule has 0 fully saturated rings. The molecule has 0 aliphatic heterocycles. The Morgan fingerprint density at radius 3 is 2.67 bits per heavy atom.